The van der Waals surface area contributed by atoms with Crippen LogP contribution in [-0.4, -0.2) is 40.3 Å². The van der Waals surface area contributed by atoms with Crippen LogP contribution in [0.4, 0.5) is 5.69 Å². The summed E-state index contributed by atoms with van der Waals surface area (Å²) in [6.45, 7) is 5.31. The van der Waals surface area contributed by atoms with Crippen LogP contribution in [0.3, 0.4) is 0 Å². The number of hydrogen-bond donors (Lipinski definition) is 1. The van der Waals surface area contributed by atoms with Crippen molar-refractivity contribution in [2.24, 2.45) is 0 Å². The maximum absolute atomic E-state index is 11.1. The van der Waals surface area contributed by atoms with Crippen LogP contribution >= 0.6 is 0 Å². The van der Waals surface area contributed by atoms with Gasteiger partial charge in [0.15, 0.2) is 0 Å². The van der Waals surface area contributed by atoms with Crippen LogP contribution < -0.4 is 9.64 Å². The molecular weight excluding hydrogens is 390 g/mol. The zero-order chi connectivity index (χ0) is 21.9. The molecular formula is C25H37N3O3. The van der Waals surface area contributed by atoms with E-state index in [0.29, 0.717) is 12.5 Å². The molecule has 0 fully saturated rings. The number of nitrogens with zero attached hydrogens (tertiary/aromatic N) is 3. The third-order valence-corrected chi connectivity index (χ3v) is 6.13. The van der Waals surface area contributed by atoms with Crippen molar-refractivity contribution in [1.29, 1.82) is 0 Å². The molecule has 0 bridgehead atoms. The van der Waals surface area contributed by atoms with Gasteiger partial charge >= 0.3 is 5.97 Å². The van der Waals surface area contributed by atoms with E-state index in [4.69, 9.17) is 9.84 Å². The van der Waals surface area contributed by atoms with Crippen LogP contribution in [0.25, 0.3) is 0 Å². The Morgan fingerprint density at radius 2 is 1.97 bits per heavy atom. The van der Waals surface area contributed by atoms with Gasteiger partial charge in [0, 0.05) is 43.6 Å². The molecule has 1 atom stereocenters. The first kappa shape index (κ1) is 23.2. The molecule has 1 aromatic carbocycles. The summed E-state index contributed by atoms with van der Waals surface area (Å²) >= 11 is 0. The lowest BCUT2D eigenvalue weighted by Gasteiger charge is -2.19. The lowest BCUT2D eigenvalue weighted by atomic mass is 9.97. The van der Waals surface area contributed by atoms with E-state index >= 15 is 0 Å². The van der Waals surface area contributed by atoms with Crippen LogP contribution in [-0.2, 0) is 11.3 Å². The molecule has 1 aliphatic heterocycles. The smallest absolute Gasteiger partial charge is 0.305 e. The summed E-state index contributed by atoms with van der Waals surface area (Å²) in [5, 5.41) is 9.10. The Morgan fingerprint density at radius 3 is 2.71 bits per heavy atom. The van der Waals surface area contributed by atoms with E-state index in [1.807, 2.05) is 18.6 Å². The summed E-state index contributed by atoms with van der Waals surface area (Å²) in [5.41, 5.74) is 2.43. The second-order valence-electron chi connectivity index (χ2n) is 8.57. The average Bonchev–Trinajstić information content (AvgIpc) is 3.40. The molecule has 2 aromatic rings. The number of aryl methyl sites for hydroxylation is 1. The summed E-state index contributed by atoms with van der Waals surface area (Å²) < 4.78 is 8.16. The van der Waals surface area contributed by atoms with E-state index in [0.717, 1.165) is 44.0 Å². The van der Waals surface area contributed by atoms with Crippen LogP contribution in [0.15, 0.2) is 36.9 Å². The molecule has 1 aromatic heterocycles. The molecule has 1 aliphatic rings. The number of imidazole rings is 1. The molecule has 0 spiro atoms. The zero-order valence-electron chi connectivity index (χ0n) is 18.8. The first-order valence-electron chi connectivity index (χ1n) is 11.9. The van der Waals surface area contributed by atoms with Crippen molar-refractivity contribution in [3.63, 3.8) is 0 Å². The van der Waals surface area contributed by atoms with Crippen molar-refractivity contribution in [2.75, 3.05) is 24.6 Å². The maximum Gasteiger partial charge on any atom is 0.305 e. The molecule has 3 rings (SSSR count). The molecule has 170 valence electrons. The number of ether oxygens (including phenoxy) is 1. The Morgan fingerprint density at radius 1 is 1.16 bits per heavy atom. The zero-order valence-corrected chi connectivity index (χ0v) is 18.8. The Bertz CT molecular complexity index is 791. The van der Waals surface area contributed by atoms with Gasteiger partial charge in [-0.2, -0.15) is 0 Å². The number of carbonyl (C=O) groups is 1. The molecule has 6 nitrogen and oxygen atoms in total. The van der Waals surface area contributed by atoms with Crippen molar-refractivity contribution in [1.82, 2.24) is 9.55 Å². The van der Waals surface area contributed by atoms with Gasteiger partial charge in [-0.25, -0.2) is 4.98 Å². The van der Waals surface area contributed by atoms with E-state index in [1.54, 1.807) is 6.20 Å². The third kappa shape index (κ3) is 7.30. The minimum Gasteiger partial charge on any atom is -0.494 e. The number of rotatable bonds is 15. The highest BCUT2D eigenvalue weighted by Gasteiger charge is 2.29. The number of aromatic nitrogens is 2. The highest BCUT2D eigenvalue weighted by molar-refractivity contribution is 5.69. The summed E-state index contributed by atoms with van der Waals surface area (Å²) in [4.78, 5) is 17.4. The van der Waals surface area contributed by atoms with E-state index in [9.17, 15) is 4.79 Å². The fraction of sp³-hybridized carbons (Fsp3) is 0.600. The number of carboxylic acids is 1. The number of anilines is 1. The normalized spacial score (nSPS) is 15.3. The quantitative estimate of drug-likeness (QED) is 0.381. The largest absolute Gasteiger partial charge is 0.494 e. The van der Waals surface area contributed by atoms with Gasteiger partial charge in [-0.3, -0.25) is 4.79 Å². The fourth-order valence-electron chi connectivity index (χ4n) is 4.36. The Kier molecular flexibility index (Phi) is 9.25. The number of aliphatic carboxylic acids is 1. The van der Waals surface area contributed by atoms with Crippen molar-refractivity contribution < 1.29 is 14.6 Å². The first-order valence-corrected chi connectivity index (χ1v) is 11.9. The minimum absolute atomic E-state index is 0.157. The lowest BCUT2D eigenvalue weighted by Crippen LogP contribution is -2.25. The number of hydrogen-bond acceptors (Lipinski definition) is 4. The molecule has 0 radical (unpaired) electrons. The Labute approximate surface area is 186 Å². The number of benzene rings is 1. The van der Waals surface area contributed by atoms with Gasteiger partial charge in [-0.05, 0) is 36.6 Å². The maximum atomic E-state index is 11.1. The van der Waals surface area contributed by atoms with Gasteiger partial charge in [0.25, 0.3) is 0 Å². The molecule has 6 heteroatoms. The van der Waals surface area contributed by atoms with Crippen LogP contribution in [0.5, 0.6) is 5.75 Å². The highest BCUT2D eigenvalue weighted by atomic mass is 16.5. The van der Waals surface area contributed by atoms with Gasteiger partial charge in [0.05, 0.1) is 19.4 Å². The predicted molar refractivity (Wildman–Crippen MR) is 124 cm³/mol. The molecule has 31 heavy (non-hydrogen) atoms. The van der Waals surface area contributed by atoms with E-state index < -0.39 is 5.97 Å². The first-order chi connectivity index (χ1) is 15.2. The summed E-state index contributed by atoms with van der Waals surface area (Å²) in [6, 6.07) is 6.32. The van der Waals surface area contributed by atoms with Gasteiger partial charge in [-0.15, -0.1) is 0 Å². The van der Waals surface area contributed by atoms with Gasteiger partial charge in [0.1, 0.15) is 5.75 Å². The second-order valence-corrected chi connectivity index (χ2v) is 8.57. The Hall–Kier alpha value is -2.50. The topological polar surface area (TPSA) is 67.6 Å². The van der Waals surface area contributed by atoms with Crippen molar-refractivity contribution in [3.05, 3.63) is 42.5 Å². The fourth-order valence-corrected chi connectivity index (χ4v) is 4.36. The number of carboxylic acid groups (broad SMARTS) is 1. The lowest BCUT2D eigenvalue weighted by molar-refractivity contribution is -0.136. The van der Waals surface area contributed by atoms with Crippen molar-refractivity contribution in [3.8, 4) is 5.75 Å². The minimum atomic E-state index is -0.752. The monoisotopic (exact) mass is 427 g/mol. The van der Waals surface area contributed by atoms with Gasteiger partial charge in [-0.1, -0.05) is 45.4 Å². The molecule has 0 aliphatic carbocycles. The number of unbranched alkanes of at least 4 members (excludes halogenated alkanes) is 6. The standard InChI is InChI=1S/C25H37N3O3/c1-2-3-4-5-6-7-8-17-31-22-9-10-24-23(18-22)21(11-14-27-16-13-26-20-27)19-28(24)15-12-25(29)30/h9-10,13,16,18,20-21H,2-8,11-12,14-15,17,19H2,1H3,(H,29,30). The van der Waals surface area contributed by atoms with E-state index in [2.05, 4.69) is 33.5 Å². The molecule has 1 N–H and O–H groups in total. The molecule has 0 saturated carbocycles. The van der Waals surface area contributed by atoms with E-state index in [-0.39, 0.29) is 6.42 Å². The van der Waals surface area contributed by atoms with Crippen LogP contribution in [0.2, 0.25) is 0 Å². The summed E-state index contributed by atoms with van der Waals surface area (Å²) in [6.07, 6.45) is 15.7. The predicted octanol–water partition coefficient (Wildman–Crippen LogP) is 5.48. The average molecular weight is 428 g/mol. The van der Waals surface area contributed by atoms with E-state index in [1.165, 1.54) is 44.1 Å². The molecule has 0 amide bonds. The van der Waals surface area contributed by atoms with Gasteiger partial charge < -0.3 is 19.3 Å². The van der Waals surface area contributed by atoms with Crippen molar-refractivity contribution in [2.45, 2.75) is 77.2 Å². The molecule has 0 saturated heterocycles. The highest BCUT2D eigenvalue weighted by Crippen LogP contribution is 2.40. The van der Waals surface area contributed by atoms with Gasteiger partial charge in [0.2, 0.25) is 0 Å². The molecule has 2 heterocycles. The van der Waals surface area contributed by atoms with Crippen molar-refractivity contribution >= 4 is 11.7 Å². The second kappa shape index (κ2) is 12.4. The summed E-state index contributed by atoms with van der Waals surface area (Å²) in [5.74, 6) is 0.545. The third-order valence-electron chi connectivity index (χ3n) is 6.13. The SMILES string of the molecule is CCCCCCCCCOc1ccc2c(c1)C(CCn1ccnc1)CN2CCC(=O)O. The van der Waals surface area contributed by atoms with Crippen LogP contribution in [0.1, 0.15) is 76.2 Å². The Balaban J connectivity index is 1.54. The summed E-state index contributed by atoms with van der Waals surface area (Å²) in [7, 11) is 0. The molecule has 1 unspecified atom stereocenters. The van der Waals surface area contributed by atoms with Crippen LogP contribution in [0, 0.1) is 0 Å². The number of fused-ring (bicyclic) bond motifs is 1.